The maximum Gasteiger partial charge on any atom is 0.340 e. The van der Waals surface area contributed by atoms with Crippen molar-refractivity contribution in [1.29, 1.82) is 0 Å². The lowest BCUT2D eigenvalue weighted by molar-refractivity contribution is -0.120. The summed E-state index contributed by atoms with van der Waals surface area (Å²) in [5.74, 6) is 0.179. The molecule has 1 aliphatic rings. The second-order valence-corrected chi connectivity index (χ2v) is 8.11. The predicted octanol–water partition coefficient (Wildman–Crippen LogP) is 4.48. The summed E-state index contributed by atoms with van der Waals surface area (Å²) in [4.78, 5) is 27.2. The Hall–Kier alpha value is -3.74. The van der Waals surface area contributed by atoms with Crippen molar-refractivity contribution in [2.24, 2.45) is 5.92 Å². The van der Waals surface area contributed by atoms with Crippen molar-refractivity contribution >= 4 is 23.4 Å². The average molecular weight is 445 g/mol. The van der Waals surface area contributed by atoms with E-state index < -0.39 is 5.97 Å². The highest BCUT2D eigenvalue weighted by Gasteiger charge is 2.27. The van der Waals surface area contributed by atoms with E-state index in [-0.39, 0.29) is 18.4 Å². The fraction of sp³-hybridized carbons (Fsp3) is 0.308. The van der Waals surface area contributed by atoms with Crippen LogP contribution in [0.3, 0.4) is 0 Å². The number of amides is 1. The zero-order chi connectivity index (χ0) is 23.2. The van der Waals surface area contributed by atoms with Crippen LogP contribution in [0.2, 0.25) is 0 Å². The summed E-state index contributed by atoms with van der Waals surface area (Å²) in [6, 6.07) is 19.0. The number of para-hydroxylation sites is 1. The number of nitrogens with one attached hydrogen (secondary N) is 1. The molecule has 0 radical (unpaired) electrons. The number of nitrogens with zero attached hydrogens (tertiary/aromatic N) is 3. The summed E-state index contributed by atoms with van der Waals surface area (Å²) < 4.78 is 5.09. The van der Waals surface area contributed by atoms with Gasteiger partial charge in [0.1, 0.15) is 0 Å². The van der Waals surface area contributed by atoms with Crippen LogP contribution in [0.25, 0.3) is 11.3 Å². The first-order chi connectivity index (χ1) is 16.1. The van der Waals surface area contributed by atoms with Crippen LogP contribution in [0, 0.1) is 12.8 Å². The van der Waals surface area contributed by atoms with Gasteiger partial charge in [0.2, 0.25) is 5.91 Å². The molecule has 1 fully saturated rings. The Labute approximate surface area is 193 Å². The molecule has 33 heavy (non-hydrogen) atoms. The molecule has 1 aromatic heterocycles. The summed E-state index contributed by atoms with van der Waals surface area (Å²) in [5.41, 5.74) is 3.95. The molecule has 0 saturated carbocycles. The van der Waals surface area contributed by atoms with Crippen molar-refractivity contribution < 1.29 is 14.3 Å². The van der Waals surface area contributed by atoms with Crippen LogP contribution in [0.4, 0.5) is 11.5 Å². The number of anilines is 2. The van der Waals surface area contributed by atoms with Gasteiger partial charge in [-0.3, -0.25) is 4.79 Å². The summed E-state index contributed by atoms with van der Waals surface area (Å²) in [6.07, 6.45) is 1.41. The standard InChI is InChI=1S/C26H28N4O3/c1-3-33-26(32)21-10-6-7-11-22(21)27-25(31)19-14-16-30(17-15-19)24-13-12-23(28-29-24)20-9-5-4-8-18(20)2/h4-13,19H,3,14-17H2,1-2H3,(H,27,31). The third-order valence-corrected chi connectivity index (χ3v) is 5.94. The van der Waals surface area contributed by atoms with Crippen LogP contribution in [-0.2, 0) is 9.53 Å². The largest absolute Gasteiger partial charge is 0.462 e. The van der Waals surface area contributed by atoms with Gasteiger partial charge in [0, 0.05) is 24.6 Å². The highest BCUT2D eigenvalue weighted by molar-refractivity contribution is 6.01. The molecule has 1 N–H and O–H groups in total. The van der Waals surface area contributed by atoms with E-state index in [2.05, 4.69) is 33.4 Å². The highest BCUT2D eigenvalue weighted by atomic mass is 16.5. The number of rotatable bonds is 6. The zero-order valence-electron chi connectivity index (χ0n) is 19.0. The Morgan fingerprint density at radius 2 is 1.73 bits per heavy atom. The topological polar surface area (TPSA) is 84.4 Å². The molecule has 1 amide bonds. The number of benzene rings is 2. The number of aryl methyl sites for hydroxylation is 1. The lowest BCUT2D eigenvalue weighted by Crippen LogP contribution is -2.38. The van der Waals surface area contributed by atoms with Gasteiger partial charge in [0.15, 0.2) is 5.82 Å². The van der Waals surface area contributed by atoms with Gasteiger partial charge in [-0.2, -0.15) is 0 Å². The maximum atomic E-state index is 12.9. The molecule has 0 atom stereocenters. The first kappa shape index (κ1) is 22.5. The number of piperidine rings is 1. The van der Waals surface area contributed by atoms with Crippen molar-refractivity contribution in [1.82, 2.24) is 10.2 Å². The number of carbonyl (C=O) groups excluding carboxylic acids is 2. The fourth-order valence-electron chi connectivity index (χ4n) is 4.08. The number of hydrogen-bond donors (Lipinski definition) is 1. The summed E-state index contributed by atoms with van der Waals surface area (Å²) >= 11 is 0. The second kappa shape index (κ2) is 10.3. The molecule has 2 aromatic carbocycles. The molecule has 0 bridgehead atoms. The maximum absolute atomic E-state index is 12.9. The van der Waals surface area contributed by atoms with E-state index in [0.29, 0.717) is 24.1 Å². The first-order valence-electron chi connectivity index (χ1n) is 11.3. The predicted molar refractivity (Wildman–Crippen MR) is 128 cm³/mol. The Balaban J connectivity index is 1.36. The van der Waals surface area contributed by atoms with Crippen molar-refractivity contribution in [2.75, 3.05) is 29.9 Å². The Bertz CT molecular complexity index is 1120. The molecule has 1 aliphatic heterocycles. The number of carbonyl (C=O) groups is 2. The molecule has 4 rings (SSSR count). The van der Waals surface area contributed by atoms with Crippen LogP contribution in [-0.4, -0.2) is 41.8 Å². The van der Waals surface area contributed by atoms with E-state index in [1.165, 1.54) is 0 Å². The van der Waals surface area contributed by atoms with Crippen LogP contribution < -0.4 is 10.2 Å². The third-order valence-electron chi connectivity index (χ3n) is 5.94. The average Bonchev–Trinajstić information content (AvgIpc) is 2.85. The number of ether oxygens (including phenoxy) is 1. The molecule has 0 spiro atoms. The molecular weight excluding hydrogens is 416 g/mol. The molecule has 7 heteroatoms. The zero-order valence-corrected chi connectivity index (χ0v) is 19.0. The minimum Gasteiger partial charge on any atom is -0.462 e. The Morgan fingerprint density at radius 1 is 1.00 bits per heavy atom. The van der Waals surface area contributed by atoms with Gasteiger partial charge in [0.25, 0.3) is 0 Å². The minimum absolute atomic E-state index is 0.0765. The van der Waals surface area contributed by atoms with E-state index in [1.807, 2.05) is 30.3 Å². The van der Waals surface area contributed by atoms with Gasteiger partial charge < -0.3 is 15.0 Å². The third kappa shape index (κ3) is 5.19. The van der Waals surface area contributed by atoms with Gasteiger partial charge in [-0.05, 0) is 56.5 Å². The fourth-order valence-corrected chi connectivity index (χ4v) is 4.08. The number of esters is 1. The van der Waals surface area contributed by atoms with Crippen molar-refractivity contribution in [2.45, 2.75) is 26.7 Å². The number of aromatic nitrogens is 2. The van der Waals surface area contributed by atoms with Gasteiger partial charge in [-0.15, -0.1) is 10.2 Å². The van der Waals surface area contributed by atoms with Crippen LogP contribution in [0.1, 0.15) is 35.7 Å². The van der Waals surface area contributed by atoms with E-state index in [1.54, 1.807) is 31.2 Å². The van der Waals surface area contributed by atoms with Crippen molar-refractivity contribution in [3.05, 3.63) is 71.8 Å². The molecule has 2 heterocycles. The molecule has 170 valence electrons. The SMILES string of the molecule is CCOC(=O)c1ccccc1NC(=O)C1CCN(c2ccc(-c3ccccc3C)nn2)CC1. The first-order valence-corrected chi connectivity index (χ1v) is 11.3. The molecule has 7 nitrogen and oxygen atoms in total. The highest BCUT2D eigenvalue weighted by Crippen LogP contribution is 2.26. The smallest absolute Gasteiger partial charge is 0.340 e. The Kier molecular flexibility index (Phi) is 6.98. The quantitative estimate of drug-likeness (QED) is 0.564. The lowest BCUT2D eigenvalue weighted by atomic mass is 9.95. The second-order valence-electron chi connectivity index (χ2n) is 8.11. The monoisotopic (exact) mass is 444 g/mol. The van der Waals surface area contributed by atoms with Crippen LogP contribution in [0.5, 0.6) is 0 Å². The van der Waals surface area contributed by atoms with E-state index in [0.717, 1.165) is 35.7 Å². The van der Waals surface area contributed by atoms with E-state index in [4.69, 9.17) is 4.74 Å². The molecule has 0 aliphatic carbocycles. The van der Waals surface area contributed by atoms with Crippen molar-refractivity contribution in [3.63, 3.8) is 0 Å². The Morgan fingerprint density at radius 3 is 2.42 bits per heavy atom. The van der Waals surface area contributed by atoms with Gasteiger partial charge in [-0.1, -0.05) is 36.4 Å². The lowest BCUT2D eigenvalue weighted by Gasteiger charge is -2.32. The summed E-state index contributed by atoms with van der Waals surface area (Å²) in [6.45, 7) is 5.54. The molecule has 0 unspecified atom stereocenters. The van der Waals surface area contributed by atoms with E-state index >= 15 is 0 Å². The van der Waals surface area contributed by atoms with Gasteiger partial charge in [0.05, 0.1) is 23.6 Å². The van der Waals surface area contributed by atoms with Crippen LogP contribution >= 0.6 is 0 Å². The molecule has 3 aromatic rings. The van der Waals surface area contributed by atoms with Gasteiger partial charge >= 0.3 is 5.97 Å². The molecular formula is C26H28N4O3. The number of hydrogen-bond acceptors (Lipinski definition) is 6. The van der Waals surface area contributed by atoms with E-state index in [9.17, 15) is 9.59 Å². The summed E-state index contributed by atoms with van der Waals surface area (Å²) in [5, 5.41) is 11.8. The normalized spacial score (nSPS) is 14.1. The van der Waals surface area contributed by atoms with Crippen LogP contribution in [0.15, 0.2) is 60.7 Å². The van der Waals surface area contributed by atoms with Crippen molar-refractivity contribution in [3.8, 4) is 11.3 Å². The molecule has 1 saturated heterocycles. The van der Waals surface area contributed by atoms with Gasteiger partial charge in [-0.25, -0.2) is 4.79 Å². The summed E-state index contributed by atoms with van der Waals surface area (Å²) in [7, 11) is 0. The minimum atomic E-state index is -0.434.